The van der Waals surface area contributed by atoms with Gasteiger partial charge in [0, 0.05) is 5.69 Å². The Morgan fingerprint density at radius 3 is 2.57 bits per heavy atom. The average molecular weight is 302 g/mol. The first kappa shape index (κ1) is 16.8. The number of halogens is 3. The van der Waals surface area contributed by atoms with Crippen LogP contribution in [0.1, 0.15) is 16.7 Å². The van der Waals surface area contributed by atoms with Gasteiger partial charge in [-0.3, -0.25) is 0 Å². The summed E-state index contributed by atoms with van der Waals surface area (Å²) in [5.74, 6) is -0.810. The first-order valence-corrected chi connectivity index (χ1v) is 5.82. The van der Waals surface area contributed by atoms with E-state index in [1.807, 2.05) is 0 Å². The minimum atomic E-state index is -4.70. The van der Waals surface area contributed by atoms with Crippen LogP contribution >= 0.6 is 0 Å². The van der Waals surface area contributed by atoms with E-state index in [9.17, 15) is 18.0 Å². The Morgan fingerprint density at radius 2 is 2.14 bits per heavy atom. The van der Waals surface area contributed by atoms with E-state index in [0.717, 1.165) is 13.2 Å². The summed E-state index contributed by atoms with van der Waals surface area (Å²) >= 11 is 0. The fourth-order valence-corrected chi connectivity index (χ4v) is 1.84. The molecule has 0 fully saturated rings. The number of carbonyl (C=O) groups is 1. The van der Waals surface area contributed by atoms with Crippen LogP contribution in [0.5, 0.6) is 0 Å². The molecule has 21 heavy (non-hydrogen) atoms. The summed E-state index contributed by atoms with van der Waals surface area (Å²) in [7, 11) is 1.10. The number of nitriles is 1. The minimum absolute atomic E-state index is 0.00854. The minimum Gasteiger partial charge on any atom is -0.467 e. The third-order valence-corrected chi connectivity index (χ3v) is 2.87. The molecule has 0 spiro atoms. The van der Waals surface area contributed by atoms with Gasteiger partial charge in [-0.2, -0.15) is 18.4 Å². The summed E-state index contributed by atoms with van der Waals surface area (Å²) in [6.45, 7) is 0.533. The maximum Gasteiger partial charge on any atom is 0.418 e. The van der Waals surface area contributed by atoms with Gasteiger partial charge in [0.2, 0.25) is 0 Å². The van der Waals surface area contributed by atoms with Crippen LogP contribution in [0.4, 0.5) is 18.9 Å². The number of rotatable bonds is 4. The number of nitrogens with zero attached hydrogens (tertiary/aromatic N) is 1. The number of anilines is 1. The number of nitrogens with one attached hydrogen (secondary N) is 1. The highest BCUT2D eigenvalue weighted by Crippen LogP contribution is 2.37. The van der Waals surface area contributed by atoms with Crippen molar-refractivity contribution in [3.63, 3.8) is 0 Å². The van der Waals surface area contributed by atoms with E-state index in [2.05, 4.69) is 10.1 Å². The van der Waals surface area contributed by atoms with Crippen molar-refractivity contribution in [2.45, 2.75) is 19.1 Å². The molecule has 0 aliphatic rings. The number of methoxy groups -OCH3 is 1. The Hall–Kier alpha value is -2.27. The predicted octanol–water partition coefficient (Wildman–Crippen LogP) is 1.83. The monoisotopic (exact) mass is 302 g/mol. The highest BCUT2D eigenvalue weighted by atomic mass is 19.4. The number of hydrogen-bond acceptors (Lipinski definition) is 5. The molecule has 0 bridgehead atoms. The molecule has 0 saturated carbocycles. The molecule has 1 rings (SSSR count). The van der Waals surface area contributed by atoms with Crippen molar-refractivity contribution < 1.29 is 27.8 Å². The topological polar surface area (TPSA) is 82.3 Å². The first-order valence-electron chi connectivity index (χ1n) is 5.82. The van der Waals surface area contributed by atoms with Crippen molar-refractivity contribution in [2.75, 3.05) is 19.0 Å². The lowest BCUT2D eigenvalue weighted by Crippen LogP contribution is -2.34. The Kier molecular flexibility index (Phi) is 5.16. The Labute approximate surface area is 118 Å². The SMILES string of the molecule is COC(=O)[C@@H](CO)Nc1ccc(C#N)c(C(F)(F)F)c1C. The molecule has 1 aromatic carbocycles. The number of carbonyl (C=O) groups excluding carboxylic acids is 1. The van der Waals surface area contributed by atoms with Gasteiger partial charge in [0.1, 0.15) is 6.04 Å². The van der Waals surface area contributed by atoms with Crippen molar-refractivity contribution in [2.24, 2.45) is 0 Å². The second-order valence-electron chi connectivity index (χ2n) is 4.17. The highest BCUT2D eigenvalue weighted by molar-refractivity contribution is 5.80. The van der Waals surface area contributed by atoms with Crippen LogP contribution in [-0.2, 0) is 15.7 Å². The maximum absolute atomic E-state index is 13.0. The average Bonchev–Trinajstić information content (AvgIpc) is 2.43. The van der Waals surface area contributed by atoms with Gasteiger partial charge in [-0.05, 0) is 24.6 Å². The summed E-state index contributed by atoms with van der Waals surface area (Å²) < 4.78 is 43.4. The second-order valence-corrected chi connectivity index (χ2v) is 4.17. The number of hydrogen-bond donors (Lipinski definition) is 2. The lowest BCUT2D eigenvalue weighted by atomic mass is 10.00. The molecular formula is C13H13F3N2O3. The largest absolute Gasteiger partial charge is 0.467 e. The molecule has 0 saturated heterocycles. The summed E-state index contributed by atoms with van der Waals surface area (Å²) in [5, 5.41) is 20.3. The fourth-order valence-electron chi connectivity index (χ4n) is 1.84. The Bertz CT molecular complexity index is 579. The van der Waals surface area contributed by atoms with Gasteiger partial charge >= 0.3 is 12.1 Å². The molecule has 0 heterocycles. The van der Waals surface area contributed by atoms with E-state index in [-0.39, 0.29) is 11.3 Å². The van der Waals surface area contributed by atoms with Gasteiger partial charge in [-0.25, -0.2) is 4.79 Å². The zero-order chi connectivity index (χ0) is 16.2. The van der Waals surface area contributed by atoms with Crippen LogP contribution in [-0.4, -0.2) is 30.8 Å². The molecule has 114 valence electrons. The maximum atomic E-state index is 13.0. The third-order valence-electron chi connectivity index (χ3n) is 2.87. The Balaban J connectivity index is 3.28. The summed E-state index contributed by atoms with van der Waals surface area (Å²) in [5.41, 5.74) is -1.82. The zero-order valence-electron chi connectivity index (χ0n) is 11.3. The molecule has 0 radical (unpaired) electrons. The van der Waals surface area contributed by atoms with Crippen molar-refractivity contribution in [3.05, 3.63) is 28.8 Å². The highest BCUT2D eigenvalue weighted by Gasteiger charge is 2.36. The van der Waals surface area contributed by atoms with Gasteiger partial charge in [-0.15, -0.1) is 0 Å². The summed E-state index contributed by atoms with van der Waals surface area (Å²) in [6.07, 6.45) is -4.70. The van der Waals surface area contributed by atoms with E-state index in [1.54, 1.807) is 0 Å². The smallest absolute Gasteiger partial charge is 0.418 e. The van der Waals surface area contributed by atoms with Crippen LogP contribution in [0.2, 0.25) is 0 Å². The lowest BCUT2D eigenvalue weighted by Gasteiger charge is -2.20. The number of alkyl halides is 3. The molecule has 1 atom stereocenters. The van der Waals surface area contributed by atoms with Crippen molar-refractivity contribution >= 4 is 11.7 Å². The summed E-state index contributed by atoms with van der Waals surface area (Å²) in [6, 6.07) is 2.54. The molecule has 1 aromatic rings. The van der Waals surface area contributed by atoms with Crippen molar-refractivity contribution in [1.82, 2.24) is 0 Å². The number of esters is 1. The van der Waals surface area contributed by atoms with Crippen LogP contribution in [0.3, 0.4) is 0 Å². The molecule has 0 aromatic heterocycles. The van der Waals surface area contributed by atoms with Gasteiger partial charge in [0.15, 0.2) is 0 Å². The quantitative estimate of drug-likeness (QED) is 0.829. The van der Waals surface area contributed by atoms with Crippen molar-refractivity contribution in [1.29, 1.82) is 5.26 Å². The van der Waals surface area contributed by atoms with Crippen LogP contribution in [0.15, 0.2) is 12.1 Å². The number of ether oxygens (including phenoxy) is 1. The fraction of sp³-hybridized carbons (Fsp3) is 0.385. The molecule has 8 heteroatoms. The summed E-state index contributed by atoms with van der Waals surface area (Å²) in [4.78, 5) is 11.3. The van der Waals surface area contributed by atoms with E-state index in [0.29, 0.717) is 0 Å². The normalized spacial score (nSPS) is 12.4. The molecule has 5 nitrogen and oxygen atoms in total. The van der Waals surface area contributed by atoms with Gasteiger partial charge in [-0.1, -0.05) is 0 Å². The standard InChI is InChI=1S/C13H13F3N2O3/c1-7-9(18-10(6-19)12(20)21-2)4-3-8(5-17)11(7)13(14,15)16/h3-4,10,18-19H,6H2,1-2H3/t10-/m1/s1. The number of aliphatic hydroxyl groups excluding tert-OH is 1. The molecule has 0 aliphatic heterocycles. The molecule has 0 aliphatic carbocycles. The number of benzene rings is 1. The molecule has 0 amide bonds. The van der Waals surface area contributed by atoms with Gasteiger partial charge in [0.25, 0.3) is 0 Å². The number of aliphatic hydroxyl groups is 1. The third kappa shape index (κ3) is 3.64. The second kappa shape index (κ2) is 6.45. The van der Waals surface area contributed by atoms with Crippen LogP contribution in [0.25, 0.3) is 0 Å². The van der Waals surface area contributed by atoms with Crippen LogP contribution < -0.4 is 5.32 Å². The van der Waals surface area contributed by atoms with Crippen LogP contribution in [0, 0.1) is 18.3 Å². The lowest BCUT2D eigenvalue weighted by molar-refractivity contribution is -0.142. The van der Waals surface area contributed by atoms with Crippen molar-refractivity contribution in [3.8, 4) is 6.07 Å². The van der Waals surface area contributed by atoms with E-state index >= 15 is 0 Å². The molecular weight excluding hydrogens is 289 g/mol. The van der Waals surface area contributed by atoms with E-state index < -0.39 is 35.9 Å². The van der Waals surface area contributed by atoms with Gasteiger partial charge < -0.3 is 15.2 Å². The molecule has 0 unspecified atom stereocenters. The van der Waals surface area contributed by atoms with Gasteiger partial charge in [0.05, 0.1) is 30.9 Å². The zero-order valence-corrected chi connectivity index (χ0v) is 11.3. The van der Waals surface area contributed by atoms with E-state index in [1.165, 1.54) is 19.1 Å². The molecule has 2 N–H and O–H groups in total. The first-order chi connectivity index (χ1) is 9.76. The Morgan fingerprint density at radius 1 is 1.52 bits per heavy atom. The predicted molar refractivity (Wildman–Crippen MR) is 67.4 cm³/mol. The van der Waals surface area contributed by atoms with E-state index in [4.69, 9.17) is 10.4 Å².